The molecule has 1 N–H and O–H groups in total. The molecule has 1 aliphatic rings. The van der Waals surface area contributed by atoms with Gasteiger partial charge in [0.1, 0.15) is 18.0 Å². The Kier molecular flexibility index (Phi) is 5.59. The number of para-hydroxylation sites is 1. The van der Waals surface area contributed by atoms with Crippen molar-refractivity contribution in [1.29, 1.82) is 0 Å². The van der Waals surface area contributed by atoms with E-state index in [9.17, 15) is 4.79 Å². The summed E-state index contributed by atoms with van der Waals surface area (Å²) >= 11 is 0. The highest BCUT2D eigenvalue weighted by molar-refractivity contribution is 6.05. The Bertz CT molecular complexity index is 1100. The van der Waals surface area contributed by atoms with Crippen LogP contribution in [-0.2, 0) is 13.0 Å². The first kappa shape index (κ1) is 20.8. The van der Waals surface area contributed by atoms with Gasteiger partial charge in [-0.05, 0) is 62.2 Å². The molecule has 5 heteroatoms. The summed E-state index contributed by atoms with van der Waals surface area (Å²) in [6.45, 7) is 6.52. The van der Waals surface area contributed by atoms with Crippen molar-refractivity contribution in [3.63, 3.8) is 0 Å². The van der Waals surface area contributed by atoms with Gasteiger partial charge in [-0.15, -0.1) is 0 Å². The van der Waals surface area contributed by atoms with Crippen molar-refractivity contribution in [1.82, 2.24) is 0 Å². The van der Waals surface area contributed by atoms with Gasteiger partial charge in [0.25, 0.3) is 5.91 Å². The van der Waals surface area contributed by atoms with E-state index in [0.29, 0.717) is 23.6 Å². The fourth-order valence-corrected chi connectivity index (χ4v) is 3.73. The van der Waals surface area contributed by atoms with Crippen LogP contribution in [0.15, 0.2) is 60.7 Å². The van der Waals surface area contributed by atoms with Crippen molar-refractivity contribution in [3.05, 3.63) is 82.9 Å². The molecule has 0 fully saturated rings. The quantitative estimate of drug-likeness (QED) is 0.571. The Morgan fingerprint density at radius 2 is 1.84 bits per heavy atom. The van der Waals surface area contributed by atoms with Crippen LogP contribution in [0.3, 0.4) is 0 Å². The summed E-state index contributed by atoms with van der Waals surface area (Å²) in [5, 5.41) is 2.92. The molecule has 0 radical (unpaired) electrons. The zero-order valence-electron chi connectivity index (χ0n) is 18.3. The molecule has 4 rings (SSSR count). The molecule has 3 aromatic rings. The molecular weight excluding hydrogens is 390 g/mol. The monoisotopic (exact) mass is 417 g/mol. The minimum Gasteiger partial charge on any atom is -0.495 e. The number of aryl methyl sites for hydroxylation is 1. The molecule has 5 nitrogen and oxygen atoms in total. The maximum Gasteiger partial charge on any atom is 0.255 e. The highest BCUT2D eigenvalue weighted by atomic mass is 16.5. The van der Waals surface area contributed by atoms with Crippen LogP contribution < -0.4 is 19.5 Å². The maximum absolute atomic E-state index is 12.7. The predicted octanol–water partition coefficient (Wildman–Crippen LogP) is 5.55. The number of nitrogens with one attached hydrogen (secondary N) is 1. The molecule has 3 aromatic carbocycles. The fourth-order valence-electron chi connectivity index (χ4n) is 3.73. The highest BCUT2D eigenvalue weighted by Gasteiger charge is 2.32. The summed E-state index contributed by atoms with van der Waals surface area (Å²) in [6.07, 6.45) is 0.870. The van der Waals surface area contributed by atoms with Crippen molar-refractivity contribution in [2.45, 2.75) is 39.4 Å². The molecule has 0 unspecified atom stereocenters. The van der Waals surface area contributed by atoms with Crippen LogP contribution in [0.4, 0.5) is 5.69 Å². The number of hydrogen-bond acceptors (Lipinski definition) is 4. The van der Waals surface area contributed by atoms with Gasteiger partial charge in [-0.2, -0.15) is 0 Å². The summed E-state index contributed by atoms with van der Waals surface area (Å²) < 4.78 is 17.4. The van der Waals surface area contributed by atoms with Crippen LogP contribution in [0, 0.1) is 6.92 Å². The number of fused-ring (bicyclic) bond motifs is 1. The number of hydrogen-bond donors (Lipinski definition) is 1. The number of ether oxygens (including phenoxy) is 3. The first-order valence-corrected chi connectivity index (χ1v) is 10.3. The molecule has 0 spiro atoms. The molecule has 0 atom stereocenters. The summed E-state index contributed by atoms with van der Waals surface area (Å²) in [4.78, 5) is 12.7. The lowest BCUT2D eigenvalue weighted by Gasteiger charge is -2.18. The molecule has 0 saturated carbocycles. The van der Waals surface area contributed by atoms with Crippen molar-refractivity contribution >= 4 is 11.6 Å². The molecule has 0 aromatic heterocycles. The lowest BCUT2D eigenvalue weighted by Crippen LogP contribution is -2.24. The molecule has 0 aliphatic carbocycles. The number of rotatable bonds is 6. The predicted molar refractivity (Wildman–Crippen MR) is 121 cm³/mol. The van der Waals surface area contributed by atoms with Gasteiger partial charge in [-0.1, -0.05) is 30.3 Å². The van der Waals surface area contributed by atoms with Gasteiger partial charge in [0.15, 0.2) is 11.5 Å². The van der Waals surface area contributed by atoms with E-state index in [-0.39, 0.29) is 11.5 Å². The topological polar surface area (TPSA) is 56.8 Å². The number of amides is 1. The van der Waals surface area contributed by atoms with Gasteiger partial charge in [0, 0.05) is 17.5 Å². The smallest absolute Gasteiger partial charge is 0.255 e. The summed E-state index contributed by atoms with van der Waals surface area (Å²) in [6, 6.07) is 19.1. The molecule has 1 aliphatic heterocycles. The lowest BCUT2D eigenvalue weighted by molar-refractivity contribution is 0.102. The number of methoxy groups -OCH3 is 1. The molecule has 0 bridgehead atoms. The fraction of sp³-hybridized carbons (Fsp3) is 0.269. The Morgan fingerprint density at radius 1 is 1.06 bits per heavy atom. The second kappa shape index (κ2) is 8.34. The Hall–Kier alpha value is -3.47. The van der Waals surface area contributed by atoms with Crippen LogP contribution in [0.2, 0.25) is 0 Å². The van der Waals surface area contributed by atoms with Crippen LogP contribution >= 0.6 is 0 Å². The SMILES string of the molecule is COc1ccc(C)cc1NC(=O)c1ccc(COc2cccc3c2OC(C)(C)C3)cc1. The minimum atomic E-state index is -0.212. The van der Waals surface area contributed by atoms with Gasteiger partial charge in [0.05, 0.1) is 12.8 Å². The number of carbonyl (C=O) groups is 1. The molecule has 31 heavy (non-hydrogen) atoms. The minimum absolute atomic E-state index is 0.187. The van der Waals surface area contributed by atoms with E-state index in [1.807, 2.05) is 49.4 Å². The average molecular weight is 418 g/mol. The van der Waals surface area contributed by atoms with E-state index in [2.05, 4.69) is 25.2 Å². The van der Waals surface area contributed by atoms with Crippen LogP contribution in [0.1, 0.15) is 40.9 Å². The Labute approximate surface area is 183 Å². The summed E-state index contributed by atoms with van der Waals surface area (Å²) in [5.41, 5.74) is 4.19. The molecule has 1 heterocycles. The molecule has 160 valence electrons. The standard InChI is InChI=1S/C26H27NO4/c1-17-8-13-22(29-4)21(14-17)27-25(28)19-11-9-18(10-12-19)16-30-23-7-5-6-20-15-26(2,3)31-24(20)23/h5-14H,15-16H2,1-4H3,(H,27,28). The number of benzene rings is 3. The summed E-state index contributed by atoms with van der Waals surface area (Å²) in [5.74, 6) is 2.02. The van der Waals surface area contributed by atoms with Crippen molar-refractivity contribution in [2.24, 2.45) is 0 Å². The summed E-state index contributed by atoms with van der Waals surface area (Å²) in [7, 11) is 1.59. The van der Waals surface area contributed by atoms with E-state index >= 15 is 0 Å². The van der Waals surface area contributed by atoms with E-state index in [4.69, 9.17) is 14.2 Å². The van der Waals surface area contributed by atoms with Gasteiger partial charge in [0.2, 0.25) is 0 Å². The van der Waals surface area contributed by atoms with Crippen molar-refractivity contribution in [2.75, 3.05) is 12.4 Å². The second-order valence-corrected chi connectivity index (χ2v) is 8.43. The lowest BCUT2D eigenvalue weighted by atomic mass is 10.0. The third-order valence-electron chi connectivity index (χ3n) is 5.27. The maximum atomic E-state index is 12.7. The van der Waals surface area contributed by atoms with E-state index < -0.39 is 0 Å². The van der Waals surface area contributed by atoms with E-state index in [1.165, 1.54) is 5.56 Å². The van der Waals surface area contributed by atoms with E-state index in [1.54, 1.807) is 19.2 Å². The first-order chi connectivity index (χ1) is 14.8. The Balaban J connectivity index is 1.41. The highest BCUT2D eigenvalue weighted by Crippen LogP contribution is 2.42. The third kappa shape index (κ3) is 4.66. The van der Waals surface area contributed by atoms with E-state index in [0.717, 1.165) is 29.0 Å². The van der Waals surface area contributed by atoms with Crippen molar-refractivity contribution < 1.29 is 19.0 Å². The average Bonchev–Trinajstić information content (AvgIpc) is 3.07. The Morgan fingerprint density at radius 3 is 2.58 bits per heavy atom. The normalized spacial score (nSPS) is 13.8. The number of anilines is 1. The molecular formula is C26H27NO4. The molecule has 1 amide bonds. The van der Waals surface area contributed by atoms with Gasteiger partial charge in [-0.25, -0.2) is 0 Å². The van der Waals surface area contributed by atoms with Gasteiger partial charge < -0.3 is 19.5 Å². The zero-order valence-corrected chi connectivity index (χ0v) is 18.3. The zero-order chi connectivity index (χ0) is 22.0. The molecule has 0 saturated heterocycles. The van der Waals surface area contributed by atoms with Crippen LogP contribution in [-0.4, -0.2) is 18.6 Å². The van der Waals surface area contributed by atoms with Crippen LogP contribution in [0.5, 0.6) is 17.2 Å². The van der Waals surface area contributed by atoms with Crippen molar-refractivity contribution in [3.8, 4) is 17.2 Å². The van der Waals surface area contributed by atoms with Gasteiger partial charge >= 0.3 is 0 Å². The first-order valence-electron chi connectivity index (χ1n) is 10.3. The van der Waals surface area contributed by atoms with Crippen LogP contribution in [0.25, 0.3) is 0 Å². The largest absolute Gasteiger partial charge is 0.495 e. The van der Waals surface area contributed by atoms with Gasteiger partial charge in [-0.3, -0.25) is 4.79 Å². The number of carbonyl (C=O) groups excluding carboxylic acids is 1. The second-order valence-electron chi connectivity index (χ2n) is 8.43. The third-order valence-corrected chi connectivity index (χ3v) is 5.27.